The quantitative estimate of drug-likeness (QED) is 0.702. The topological polar surface area (TPSA) is 12.9 Å². The first kappa shape index (κ1) is 10.6. The lowest BCUT2D eigenvalue weighted by atomic mass is 10.2. The van der Waals surface area contributed by atoms with E-state index in [0.29, 0.717) is 10.9 Å². The molecule has 1 aromatic heterocycles. The van der Waals surface area contributed by atoms with E-state index in [1.165, 1.54) is 0 Å². The number of aromatic nitrogens is 1. The van der Waals surface area contributed by atoms with Gasteiger partial charge in [-0.25, -0.2) is 0 Å². The fourth-order valence-corrected chi connectivity index (χ4v) is 1.32. The zero-order valence-electron chi connectivity index (χ0n) is 7.43. The molecular formula is C10H11Cl2N. The molecule has 0 amide bonds. The zero-order valence-corrected chi connectivity index (χ0v) is 8.94. The number of nitrogens with zero attached hydrogens (tertiary/aromatic N) is 1. The molecule has 13 heavy (non-hydrogen) atoms. The van der Waals surface area contributed by atoms with Crippen LogP contribution in [-0.4, -0.2) is 10.9 Å². The average molecular weight is 216 g/mol. The van der Waals surface area contributed by atoms with Gasteiger partial charge >= 0.3 is 0 Å². The first-order valence-electron chi connectivity index (χ1n) is 4.08. The SMILES string of the molecule is Cc1cc(Cl)cnc1C=CCCCl. The number of aryl methyl sites for hydroxylation is 1. The minimum Gasteiger partial charge on any atom is -0.255 e. The predicted molar refractivity (Wildman–Crippen MR) is 58.4 cm³/mol. The molecule has 0 fully saturated rings. The molecule has 0 aliphatic rings. The molecule has 0 aliphatic carbocycles. The minimum absolute atomic E-state index is 0.642. The lowest BCUT2D eigenvalue weighted by molar-refractivity contribution is 1.21. The summed E-state index contributed by atoms with van der Waals surface area (Å²) >= 11 is 11.3. The Labute approximate surface area is 88.4 Å². The van der Waals surface area contributed by atoms with E-state index in [0.717, 1.165) is 17.7 Å². The molecule has 0 aliphatic heterocycles. The van der Waals surface area contributed by atoms with E-state index < -0.39 is 0 Å². The Morgan fingerprint density at radius 2 is 2.31 bits per heavy atom. The number of halogens is 2. The molecule has 70 valence electrons. The Morgan fingerprint density at radius 3 is 2.92 bits per heavy atom. The maximum atomic E-state index is 5.77. The van der Waals surface area contributed by atoms with Crippen LogP contribution in [0.4, 0.5) is 0 Å². The minimum atomic E-state index is 0.642. The van der Waals surface area contributed by atoms with Crippen molar-refractivity contribution in [1.82, 2.24) is 4.98 Å². The van der Waals surface area contributed by atoms with Crippen LogP contribution in [0, 0.1) is 6.92 Å². The molecule has 0 N–H and O–H groups in total. The molecule has 0 spiro atoms. The third-order valence-corrected chi connectivity index (χ3v) is 2.06. The Hall–Kier alpha value is -0.530. The highest BCUT2D eigenvalue weighted by Gasteiger charge is 1.95. The second kappa shape index (κ2) is 5.25. The molecule has 1 aromatic rings. The standard InChI is InChI=1S/C10H11Cl2N/c1-8-6-9(12)7-13-10(8)4-2-3-5-11/h2,4,6-7H,3,5H2,1H3. The van der Waals surface area contributed by atoms with Crippen LogP contribution in [0.3, 0.4) is 0 Å². The van der Waals surface area contributed by atoms with Gasteiger partial charge in [-0.1, -0.05) is 17.7 Å². The maximum absolute atomic E-state index is 5.77. The van der Waals surface area contributed by atoms with Crippen molar-refractivity contribution < 1.29 is 0 Å². The van der Waals surface area contributed by atoms with E-state index in [1.54, 1.807) is 6.20 Å². The van der Waals surface area contributed by atoms with Gasteiger partial charge in [0, 0.05) is 12.1 Å². The summed E-state index contributed by atoms with van der Waals surface area (Å²) in [7, 11) is 0. The molecule has 0 aromatic carbocycles. The van der Waals surface area contributed by atoms with Crippen LogP contribution in [-0.2, 0) is 0 Å². The van der Waals surface area contributed by atoms with Crippen LogP contribution in [0.1, 0.15) is 17.7 Å². The van der Waals surface area contributed by atoms with Crippen LogP contribution < -0.4 is 0 Å². The third kappa shape index (κ3) is 3.37. The lowest BCUT2D eigenvalue weighted by Gasteiger charge is -1.98. The van der Waals surface area contributed by atoms with E-state index >= 15 is 0 Å². The number of hydrogen-bond donors (Lipinski definition) is 0. The number of rotatable bonds is 3. The van der Waals surface area contributed by atoms with Crippen molar-refractivity contribution in [3.63, 3.8) is 0 Å². The molecule has 1 heterocycles. The summed E-state index contributed by atoms with van der Waals surface area (Å²) in [6.45, 7) is 1.99. The third-order valence-electron chi connectivity index (χ3n) is 1.64. The smallest absolute Gasteiger partial charge is 0.0656 e. The van der Waals surface area contributed by atoms with Gasteiger partial charge in [0.25, 0.3) is 0 Å². The Balaban J connectivity index is 2.77. The monoisotopic (exact) mass is 215 g/mol. The van der Waals surface area contributed by atoms with E-state index in [-0.39, 0.29) is 0 Å². The first-order valence-corrected chi connectivity index (χ1v) is 5.00. The van der Waals surface area contributed by atoms with Crippen LogP contribution in [0.2, 0.25) is 5.02 Å². The van der Waals surface area contributed by atoms with Gasteiger partial charge in [-0.2, -0.15) is 0 Å². The molecule has 1 rings (SSSR count). The Kier molecular flexibility index (Phi) is 4.26. The second-order valence-corrected chi connectivity index (χ2v) is 3.55. The van der Waals surface area contributed by atoms with Crippen LogP contribution in [0.5, 0.6) is 0 Å². The van der Waals surface area contributed by atoms with Gasteiger partial charge in [0.2, 0.25) is 0 Å². The highest BCUT2D eigenvalue weighted by atomic mass is 35.5. The van der Waals surface area contributed by atoms with E-state index in [9.17, 15) is 0 Å². The Bertz CT molecular complexity index is 308. The van der Waals surface area contributed by atoms with Gasteiger partial charge in [0.1, 0.15) is 0 Å². The molecular weight excluding hydrogens is 205 g/mol. The van der Waals surface area contributed by atoms with E-state index in [4.69, 9.17) is 23.2 Å². The van der Waals surface area contributed by atoms with Gasteiger partial charge in [-0.05, 0) is 31.1 Å². The normalized spacial score (nSPS) is 11.0. The lowest BCUT2D eigenvalue weighted by Crippen LogP contribution is -1.85. The average Bonchev–Trinajstić information content (AvgIpc) is 2.09. The van der Waals surface area contributed by atoms with Gasteiger partial charge in [0.05, 0.1) is 10.7 Å². The highest BCUT2D eigenvalue weighted by Crippen LogP contribution is 2.13. The van der Waals surface area contributed by atoms with Gasteiger partial charge in [-0.15, -0.1) is 11.6 Å². The van der Waals surface area contributed by atoms with Crippen LogP contribution in [0.25, 0.3) is 6.08 Å². The predicted octanol–water partition coefficient (Wildman–Crippen LogP) is 3.69. The first-order chi connectivity index (χ1) is 6.24. The number of alkyl halides is 1. The number of allylic oxidation sites excluding steroid dienone is 1. The summed E-state index contributed by atoms with van der Waals surface area (Å²) in [4.78, 5) is 4.19. The van der Waals surface area contributed by atoms with Crippen molar-refractivity contribution in [2.45, 2.75) is 13.3 Å². The largest absolute Gasteiger partial charge is 0.255 e. The summed E-state index contributed by atoms with van der Waals surface area (Å²) in [5.41, 5.74) is 2.04. The molecule has 3 heteroatoms. The van der Waals surface area contributed by atoms with Gasteiger partial charge in [-0.3, -0.25) is 4.98 Å². The van der Waals surface area contributed by atoms with Crippen molar-refractivity contribution >= 4 is 29.3 Å². The molecule has 1 nitrogen and oxygen atoms in total. The maximum Gasteiger partial charge on any atom is 0.0656 e. The summed E-state index contributed by atoms with van der Waals surface area (Å²) in [5.74, 6) is 0.642. The molecule has 0 saturated heterocycles. The molecule has 0 radical (unpaired) electrons. The van der Waals surface area contributed by atoms with Crippen LogP contribution in [0.15, 0.2) is 18.3 Å². The molecule has 0 saturated carbocycles. The van der Waals surface area contributed by atoms with Gasteiger partial charge < -0.3 is 0 Å². The van der Waals surface area contributed by atoms with E-state index in [2.05, 4.69) is 4.98 Å². The summed E-state index contributed by atoms with van der Waals surface area (Å²) in [5, 5.41) is 0.673. The zero-order chi connectivity index (χ0) is 9.68. The van der Waals surface area contributed by atoms with E-state index in [1.807, 2.05) is 25.1 Å². The van der Waals surface area contributed by atoms with Crippen molar-refractivity contribution in [1.29, 1.82) is 0 Å². The van der Waals surface area contributed by atoms with Crippen molar-refractivity contribution in [3.05, 3.63) is 34.6 Å². The fraction of sp³-hybridized carbons (Fsp3) is 0.300. The van der Waals surface area contributed by atoms with Crippen molar-refractivity contribution in [2.24, 2.45) is 0 Å². The molecule has 0 atom stereocenters. The van der Waals surface area contributed by atoms with Crippen LogP contribution >= 0.6 is 23.2 Å². The summed E-state index contributed by atoms with van der Waals surface area (Å²) < 4.78 is 0. The summed E-state index contributed by atoms with van der Waals surface area (Å²) in [6, 6.07) is 1.90. The molecule has 0 unspecified atom stereocenters. The fourth-order valence-electron chi connectivity index (χ4n) is 0.984. The number of pyridine rings is 1. The summed E-state index contributed by atoms with van der Waals surface area (Å²) in [6.07, 6.45) is 6.49. The number of hydrogen-bond acceptors (Lipinski definition) is 1. The van der Waals surface area contributed by atoms with Crippen molar-refractivity contribution in [3.8, 4) is 0 Å². The molecule has 0 bridgehead atoms. The van der Waals surface area contributed by atoms with Gasteiger partial charge in [0.15, 0.2) is 0 Å². The van der Waals surface area contributed by atoms with Crippen molar-refractivity contribution in [2.75, 3.05) is 5.88 Å². The second-order valence-electron chi connectivity index (χ2n) is 2.74. The highest BCUT2D eigenvalue weighted by molar-refractivity contribution is 6.30. The Morgan fingerprint density at radius 1 is 1.54 bits per heavy atom.